The van der Waals surface area contributed by atoms with Crippen LogP contribution in [0.3, 0.4) is 0 Å². The van der Waals surface area contributed by atoms with Crippen molar-refractivity contribution in [1.29, 1.82) is 0 Å². The molecule has 0 radical (unpaired) electrons. The van der Waals surface area contributed by atoms with Crippen molar-refractivity contribution in [3.05, 3.63) is 59.7 Å². The van der Waals surface area contributed by atoms with Gasteiger partial charge >= 0.3 is 0 Å². The summed E-state index contributed by atoms with van der Waals surface area (Å²) in [7, 11) is 1.56. The number of aliphatic hydroxyl groups is 1. The minimum absolute atomic E-state index is 0. The van der Waals surface area contributed by atoms with E-state index in [1.807, 2.05) is 63.2 Å². The van der Waals surface area contributed by atoms with E-state index in [0.717, 1.165) is 11.1 Å². The van der Waals surface area contributed by atoms with Crippen molar-refractivity contribution in [2.75, 3.05) is 20.3 Å². The zero-order chi connectivity index (χ0) is 20.6. The van der Waals surface area contributed by atoms with Crippen LogP contribution in [0.4, 0.5) is 0 Å². The van der Waals surface area contributed by atoms with Crippen LogP contribution >= 0.6 is 0 Å². The maximum Gasteiger partial charge on any atom is 0.258 e. The molecule has 1 amide bonds. The predicted molar refractivity (Wildman–Crippen MR) is 109 cm³/mol. The Hall–Kier alpha value is -2.28. The standard InChI is InChI=1S/C22H30N2O4.ClH/c1-22(2,3)24-21(26)15-28-19-11-10-16(12-20(19)27-4)13-23-14-18(25)17-8-6-5-7-9-17;/h5-12,18,23,25H,13-15H2,1-4H3,(H,24,26);1H/p-1. The second-order valence-corrected chi connectivity index (χ2v) is 7.63. The minimum atomic E-state index is -0.563. The average Bonchev–Trinajstić information content (AvgIpc) is 2.66. The Morgan fingerprint density at radius 2 is 1.79 bits per heavy atom. The van der Waals surface area contributed by atoms with E-state index in [1.54, 1.807) is 13.2 Å². The van der Waals surface area contributed by atoms with E-state index in [0.29, 0.717) is 24.6 Å². The van der Waals surface area contributed by atoms with Crippen molar-refractivity contribution in [2.45, 2.75) is 39.0 Å². The summed E-state index contributed by atoms with van der Waals surface area (Å²) in [6.45, 7) is 6.70. The number of carbonyl (C=O) groups excluding carboxylic acids is 1. The molecular weight excluding hydrogens is 392 g/mol. The van der Waals surface area contributed by atoms with Gasteiger partial charge in [-0.05, 0) is 44.0 Å². The largest absolute Gasteiger partial charge is 1.00 e. The first kappa shape index (κ1) is 24.8. The van der Waals surface area contributed by atoms with Gasteiger partial charge in [-0.3, -0.25) is 4.79 Å². The van der Waals surface area contributed by atoms with Crippen molar-refractivity contribution in [2.24, 2.45) is 0 Å². The molecule has 0 bridgehead atoms. The molecule has 0 spiro atoms. The maximum atomic E-state index is 11.9. The Kier molecular flexibility index (Phi) is 9.95. The van der Waals surface area contributed by atoms with E-state index in [9.17, 15) is 9.90 Å². The van der Waals surface area contributed by atoms with Crippen molar-refractivity contribution < 1.29 is 31.8 Å². The molecule has 0 aliphatic heterocycles. The van der Waals surface area contributed by atoms with Crippen LogP contribution in [0.1, 0.15) is 38.0 Å². The van der Waals surface area contributed by atoms with Gasteiger partial charge in [0.2, 0.25) is 0 Å². The molecule has 2 aromatic rings. The third kappa shape index (κ3) is 8.73. The van der Waals surface area contributed by atoms with E-state index in [4.69, 9.17) is 9.47 Å². The van der Waals surface area contributed by atoms with Gasteiger partial charge < -0.3 is 37.6 Å². The molecule has 6 nitrogen and oxygen atoms in total. The molecule has 0 fully saturated rings. The summed E-state index contributed by atoms with van der Waals surface area (Å²) in [6.07, 6.45) is -0.563. The molecule has 0 aliphatic carbocycles. The molecule has 2 rings (SSSR count). The maximum absolute atomic E-state index is 11.9. The number of amides is 1. The summed E-state index contributed by atoms with van der Waals surface area (Å²) >= 11 is 0. The van der Waals surface area contributed by atoms with Crippen LogP contribution in [0.2, 0.25) is 0 Å². The Morgan fingerprint density at radius 3 is 2.41 bits per heavy atom. The molecule has 160 valence electrons. The Bertz CT molecular complexity index is 763. The number of hydrogen-bond acceptors (Lipinski definition) is 5. The highest BCUT2D eigenvalue weighted by Crippen LogP contribution is 2.28. The predicted octanol–water partition coefficient (Wildman–Crippen LogP) is -0.184. The lowest BCUT2D eigenvalue weighted by molar-refractivity contribution is -0.124. The molecule has 1 atom stereocenters. The fourth-order valence-corrected chi connectivity index (χ4v) is 2.69. The summed E-state index contributed by atoms with van der Waals surface area (Å²) in [5, 5.41) is 16.3. The number of benzene rings is 2. The second kappa shape index (κ2) is 11.7. The molecule has 0 aromatic heterocycles. The Labute approximate surface area is 179 Å². The molecule has 0 aliphatic rings. The van der Waals surface area contributed by atoms with Crippen LogP contribution in [0.25, 0.3) is 0 Å². The number of rotatable bonds is 9. The molecule has 0 saturated heterocycles. The molecule has 2 aromatic carbocycles. The highest BCUT2D eigenvalue weighted by molar-refractivity contribution is 5.78. The average molecular weight is 422 g/mol. The molecule has 0 saturated carbocycles. The van der Waals surface area contributed by atoms with Gasteiger partial charge in [-0.2, -0.15) is 0 Å². The number of ether oxygens (including phenoxy) is 2. The number of carbonyl (C=O) groups is 1. The quantitative estimate of drug-likeness (QED) is 0.523. The van der Waals surface area contributed by atoms with Gasteiger partial charge in [0.25, 0.3) is 5.91 Å². The highest BCUT2D eigenvalue weighted by Gasteiger charge is 2.15. The van der Waals surface area contributed by atoms with Gasteiger partial charge in [0.15, 0.2) is 18.1 Å². The van der Waals surface area contributed by atoms with E-state index in [2.05, 4.69) is 10.6 Å². The lowest BCUT2D eigenvalue weighted by Gasteiger charge is -2.20. The monoisotopic (exact) mass is 421 g/mol. The van der Waals surface area contributed by atoms with E-state index >= 15 is 0 Å². The second-order valence-electron chi connectivity index (χ2n) is 7.63. The number of methoxy groups -OCH3 is 1. The smallest absolute Gasteiger partial charge is 0.258 e. The molecular formula is C22H30ClN2O4-. The summed E-state index contributed by atoms with van der Waals surface area (Å²) in [5.41, 5.74) is 1.57. The minimum Gasteiger partial charge on any atom is -1.00 e. The first-order chi connectivity index (χ1) is 13.3. The summed E-state index contributed by atoms with van der Waals surface area (Å²) < 4.78 is 11.0. The van der Waals surface area contributed by atoms with Crippen LogP contribution in [-0.2, 0) is 11.3 Å². The van der Waals surface area contributed by atoms with Crippen molar-refractivity contribution in [1.82, 2.24) is 10.6 Å². The summed E-state index contributed by atoms with van der Waals surface area (Å²) in [6, 6.07) is 15.1. The Balaban J connectivity index is 0.00000420. The highest BCUT2D eigenvalue weighted by atomic mass is 35.5. The number of aliphatic hydroxyl groups excluding tert-OH is 1. The van der Waals surface area contributed by atoms with E-state index in [1.165, 1.54) is 0 Å². The zero-order valence-corrected chi connectivity index (χ0v) is 18.1. The third-order valence-corrected chi connectivity index (χ3v) is 3.95. The van der Waals surface area contributed by atoms with Gasteiger partial charge in [-0.1, -0.05) is 36.4 Å². The zero-order valence-electron chi connectivity index (χ0n) is 17.4. The van der Waals surface area contributed by atoms with Gasteiger partial charge in [0, 0.05) is 18.6 Å². The SMILES string of the molecule is COc1cc(CNCC(O)c2ccccc2)ccc1OCC(=O)NC(C)(C)C.[Cl-]. The summed E-state index contributed by atoms with van der Waals surface area (Å²) in [4.78, 5) is 11.9. The van der Waals surface area contributed by atoms with Gasteiger partial charge in [0.1, 0.15) is 0 Å². The topological polar surface area (TPSA) is 79.8 Å². The van der Waals surface area contributed by atoms with Crippen LogP contribution in [0.5, 0.6) is 11.5 Å². The molecule has 3 N–H and O–H groups in total. The Morgan fingerprint density at radius 1 is 1.10 bits per heavy atom. The van der Waals surface area contributed by atoms with Crippen LogP contribution in [0.15, 0.2) is 48.5 Å². The first-order valence-electron chi connectivity index (χ1n) is 9.33. The van der Waals surface area contributed by atoms with Crippen LogP contribution < -0.4 is 32.5 Å². The van der Waals surface area contributed by atoms with Crippen molar-refractivity contribution in [3.8, 4) is 11.5 Å². The fraction of sp³-hybridized carbons (Fsp3) is 0.409. The van der Waals surface area contributed by atoms with Crippen LogP contribution in [-0.4, -0.2) is 36.8 Å². The van der Waals surface area contributed by atoms with Crippen molar-refractivity contribution in [3.63, 3.8) is 0 Å². The molecule has 7 heteroatoms. The molecule has 1 unspecified atom stereocenters. The van der Waals surface area contributed by atoms with E-state index in [-0.39, 0.29) is 30.5 Å². The third-order valence-electron chi connectivity index (χ3n) is 3.95. The van der Waals surface area contributed by atoms with Gasteiger partial charge in [-0.25, -0.2) is 0 Å². The van der Waals surface area contributed by atoms with Gasteiger partial charge in [0.05, 0.1) is 13.2 Å². The lowest BCUT2D eigenvalue weighted by Crippen LogP contribution is -3.00. The number of hydrogen-bond donors (Lipinski definition) is 3. The first-order valence-corrected chi connectivity index (χ1v) is 9.33. The summed E-state index contributed by atoms with van der Waals surface area (Å²) in [5.74, 6) is 0.890. The number of nitrogens with one attached hydrogen (secondary N) is 2. The lowest BCUT2D eigenvalue weighted by atomic mass is 10.1. The number of halogens is 1. The van der Waals surface area contributed by atoms with E-state index < -0.39 is 6.10 Å². The van der Waals surface area contributed by atoms with Gasteiger partial charge in [-0.15, -0.1) is 0 Å². The van der Waals surface area contributed by atoms with Crippen molar-refractivity contribution >= 4 is 5.91 Å². The fourth-order valence-electron chi connectivity index (χ4n) is 2.69. The van der Waals surface area contributed by atoms with Crippen LogP contribution in [0, 0.1) is 0 Å². The molecule has 0 heterocycles. The molecule has 29 heavy (non-hydrogen) atoms. The normalized spacial score (nSPS) is 11.9.